The molecule has 0 bridgehead atoms. The number of alkyl halides is 1. The molecule has 0 radical (unpaired) electrons. The number of fused-ring (bicyclic) bond motifs is 2. The highest BCUT2D eigenvalue weighted by Gasteiger charge is 2.49. The first kappa shape index (κ1) is 19.5. The molecule has 7 nitrogen and oxygen atoms in total. The quantitative estimate of drug-likeness (QED) is 0.688. The Hall–Kier alpha value is -3.86. The molecule has 2 aliphatic rings. The SMILES string of the molecule is N#CC(CF)(CCCN1C(=O)c2ccccc2C1=O)N1C(=O)c2ccccc2C1=O. The second-order valence-corrected chi connectivity index (χ2v) is 7.18. The fraction of sp³-hybridized carbons (Fsp3) is 0.227. The Bertz CT molecular complexity index is 1070. The molecule has 2 aliphatic heterocycles. The van der Waals surface area contributed by atoms with E-state index in [2.05, 4.69) is 0 Å². The zero-order chi connectivity index (χ0) is 21.5. The highest BCUT2D eigenvalue weighted by Crippen LogP contribution is 2.33. The number of halogens is 1. The molecule has 150 valence electrons. The lowest BCUT2D eigenvalue weighted by molar-refractivity contribution is 0.0432. The molecule has 1 atom stereocenters. The van der Waals surface area contributed by atoms with Gasteiger partial charge in [0.1, 0.15) is 6.67 Å². The lowest BCUT2D eigenvalue weighted by Gasteiger charge is -2.32. The van der Waals surface area contributed by atoms with E-state index in [0.717, 1.165) is 4.90 Å². The van der Waals surface area contributed by atoms with Gasteiger partial charge in [-0.3, -0.25) is 29.0 Å². The first-order chi connectivity index (χ1) is 14.4. The second kappa shape index (κ2) is 7.19. The summed E-state index contributed by atoms with van der Waals surface area (Å²) in [6.45, 7) is -1.31. The first-order valence-electron chi connectivity index (χ1n) is 9.35. The van der Waals surface area contributed by atoms with Crippen LogP contribution in [0.1, 0.15) is 54.3 Å². The molecule has 1 unspecified atom stereocenters. The van der Waals surface area contributed by atoms with Crippen LogP contribution in [-0.4, -0.2) is 52.2 Å². The fourth-order valence-electron chi connectivity index (χ4n) is 3.92. The predicted octanol–water partition coefficient (Wildman–Crippen LogP) is 2.59. The van der Waals surface area contributed by atoms with Gasteiger partial charge in [-0.25, -0.2) is 4.39 Å². The van der Waals surface area contributed by atoms with Crippen molar-refractivity contribution in [1.82, 2.24) is 9.80 Å². The Morgan fingerprint density at radius 2 is 1.23 bits per heavy atom. The van der Waals surface area contributed by atoms with Gasteiger partial charge in [-0.15, -0.1) is 0 Å². The minimum atomic E-state index is -2.01. The van der Waals surface area contributed by atoms with Gasteiger partial charge in [-0.1, -0.05) is 24.3 Å². The van der Waals surface area contributed by atoms with Gasteiger partial charge in [0, 0.05) is 6.54 Å². The Labute approximate surface area is 171 Å². The summed E-state index contributed by atoms with van der Waals surface area (Å²) in [6.07, 6.45) is -0.158. The van der Waals surface area contributed by atoms with Crippen LogP contribution in [0.4, 0.5) is 4.39 Å². The van der Waals surface area contributed by atoms with E-state index in [-0.39, 0.29) is 30.5 Å². The lowest BCUT2D eigenvalue weighted by atomic mass is 9.94. The van der Waals surface area contributed by atoms with Crippen molar-refractivity contribution in [3.05, 3.63) is 70.8 Å². The summed E-state index contributed by atoms with van der Waals surface area (Å²) in [7, 11) is 0. The monoisotopic (exact) mass is 405 g/mol. The summed E-state index contributed by atoms with van der Waals surface area (Å²) < 4.78 is 14.1. The maximum atomic E-state index is 14.1. The maximum Gasteiger partial charge on any atom is 0.263 e. The summed E-state index contributed by atoms with van der Waals surface area (Å²) in [5.41, 5.74) is -1.18. The maximum absolute atomic E-state index is 14.1. The average molecular weight is 405 g/mol. The normalized spacial score (nSPS) is 17.1. The van der Waals surface area contributed by atoms with Crippen LogP contribution in [0.15, 0.2) is 48.5 Å². The Morgan fingerprint density at radius 1 is 0.800 bits per heavy atom. The molecule has 4 rings (SSSR count). The van der Waals surface area contributed by atoms with Gasteiger partial charge in [0.2, 0.25) is 0 Å². The Morgan fingerprint density at radius 3 is 1.63 bits per heavy atom. The van der Waals surface area contributed by atoms with E-state index in [4.69, 9.17) is 0 Å². The van der Waals surface area contributed by atoms with Gasteiger partial charge in [-0.2, -0.15) is 5.26 Å². The highest BCUT2D eigenvalue weighted by atomic mass is 19.1. The van der Waals surface area contributed by atoms with Crippen LogP contribution in [0, 0.1) is 11.3 Å². The van der Waals surface area contributed by atoms with E-state index >= 15 is 0 Å². The fourth-order valence-corrected chi connectivity index (χ4v) is 3.92. The summed E-state index contributed by atoms with van der Waals surface area (Å²) in [5, 5.41) is 9.71. The molecule has 0 aromatic heterocycles. The van der Waals surface area contributed by atoms with Crippen molar-refractivity contribution in [3.63, 3.8) is 0 Å². The van der Waals surface area contributed by atoms with Crippen molar-refractivity contribution < 1.29 is 23.6 Å². The van der Waals surface area contributed by atoms with E-state index in [9.17, 15) is 28.8 Å². The zero-order valence-electron chi connectivity index (χ0n) is 15.8. The van der Waals surface area contributed by atoms with Crippen molar-refractivity contribution in [3.8, 4) is 6.07 Å². The Kier molecular flexibility index (Phi) is 4.66. The van der Waals surface area contributed by atoms with Crippen LogP contribution < -0.4 is 0 Å². The van der Waals surface area contributed by atoms with Crippen molar-refractivity contribution in [1.29, 1.82) is 5.26 Å². The number of hydrogen-bond donors (Lipinski definition) is 0. The number of nitriles is 1. The molecule has 0 N–H and O–H groups in total. The van der Waals surface area contributed by atoms with Crippen LogP contribution in [0.25, 0.3) is 0 Å². The van der Waals surface area contributed by atoms with Crippen LogP contribution in [0.3, 0.4) is 0 Å². The molecule has 30 heavy (non-hydrogen) atoms. The summed E-state index contributed by atoms with van der Waals surface area (Å²) in [6, 6.07) is 14.3. The molecule has 8 heteroatoms. The third-order valence-corrected chi connectivity index (χ3v) is 5.50. The van der Waals surface area contributed by atoms with E-state index in [0.29, 0.717) is 16.0 Å². The van der Waals surface area contributed by atoms with Gasteiger partial charge >= 0.3 is 0 Å². The number of carbonyl (C=O) groups excluding carboxylic acids is 4. The molecule has 0 spiro atoms. The second-order valence-electron chi connectivity index (χ2n) is 7.18. The van der Waals surface area contributed by atoms with Crippen LogP contribution >= 0.6 is 0 Å². The zero-order valence-corrected chi connectivity index (χ0v) is 15.8. The average Bonchev–Trinajstić information content (AvgIpc) is 3.18. The minimum absolute atomic E-state index is 0.0519. The predicted molar refractivity (Wildman–Crippen MR) is 102 cm³/mol. The largest absolute Gasteiger partial charge is 0.274 e. The number of nitrogens with zero attached hydrogens (tertiary/aromatic N) is 3. The van der Waals surface area contributed by atoms with Crippen LogP contribution in [0.5, 0.6) is 0 Å². The number of amides is 4. The third-order valence-electron chi connectivity index (χ3n) is 5.50. The minimum Gasteiger partial charge on any atom is -0.274 e. The molecule has 0 saturated carbocycles. The van der Waals surface area contributed by atoms with Crippen molar-refractivity contribution in [2.45, 2.75) is 18.4 Å². The molecular formula is C22H16FN3O4. The third kappa shape index (κ3) is 2.70. The van der Waals surface area contributed by atoms with Crippen molar-refractivity contribution in [2.75, 3.05) is 13.2 Å². The van der Waals surface area contributed by atoms with E-state index < -0.39 is 35.8 Å². The van der Waals surface area contributed by atoms with E-state index in [1.165, 1.54) is 12.1 Å². The molecule has 4 amide bonds. The molecule has 2 heterocycles. The van der Waals surface area contributed by atoms with E-state index in [1.807, 2.05) is 0 Å². The number of carbonyl (C=O) groups is 4. The molecule has 2 aromatic carbocycles. The van der Waals surface area contributed by atoms with Crippen LogP contribution in [0.2, 0.25) is 0 Å². The standard InChI is InChI=1S/C22H16FN3O4/c23-12-22(13-24,26-20(29)16-8-3-4-9-17(16)21(26)30)10-5-11-25-18(27)14-6-1-2-7-15(14)19(25)28/h1-4,6-9H,5,10-12H2. The number of hydrogen-bond acceptors (Lipinski definition) is 5. The Balaban J connectivity index is 1.53. The van der Waals surface area contributed by atoms with Gasteiger partial charge in [0.05, 0.1) is 28.3 Å². The molecule has 0 saturated heterocycles. The van der Waals surface area contributed by atoms with Gasteiger partial charge in [-0.05, 0) is 37.1 Å². The van der Waals surface area contributed by atoms with Crippen LogP contribution in [-0.2, 0) is 0 Å². The molecular weight excluding hydrogens is 389 g/mol. The topological polar surface area (TPSA) is 98.5 Å². The summed E-state index contributed by atoms with van der Waals surface area (Å²) in [4.78, 5) is 52.0. The number of benzene rings is 2. The first-order valence-corrected chi connectivity index (χ1v) is 9.35. The van der Waals surface area contributed by atoms with Crippen molar-refractivity contribution in [2.24, 2.45) is 0 Å². The van der Waals surface area contributed by atoms with Gasteiger partial charge < -0.3 is 0 Å². The highest BCUT2D eigenvalue weighted by molar-refractivity contribution is 6.22. The van der Waals surface area contributed by atoms with Gasteiger partial charge in [0.15, 0.2) is 5.54 Å². The van der Waals surface area contributed by atoms with Gasteiger partial charge in [0.25, 0.3) is 23.6 Å². The molecule has 0 aliphatic carbocycles. The smallest absolute Gasteiger partial charge is 0.263 e. The molecule has 0 fully saturated rings. The lowest BCUT2D eigenvalue weighted by Crippen LogP contribution is -2.53. The summed E-state index contributed by atoms with van der Waals surface area (Å²) >= 11 is 0. The summed E-state index contributed by atoms with van der Waals surface area (Å²) in [5.74, 6) is -2.37. The number of imide groups is 2. The number of rotatable bonds is 6. The molecule has 2 aromatic rings. The van der Waals surface area contributed by atoms with E-state index in [1.54, 1.807) is 42.5 Å². The van der Waals surface area contributed by atoms with Crippen molar-refractivity contribution >= 4 is 23.6 Å².